The monoisotopic (exact) mass is 295 g/mol. The van der Waals surface area contributed by atoms with E-state index in [2.05, 4.69) is 17.4 Å². The Balaban J connectivity index is 2.14. The zero-order valence-corrected chi connectivity index (χ0v) is 13.1. The molecule has 0 radical (unpaired) electrons. The molecular formula is C16H29N3O2. The van der Waals surface area contributed by atoms with Crippen LogP contribution in [0.4, 0.5) is 0 Å². The largest absolute Gasteiger partial charge is 0.409 e. The Morgan fingerprint density at radius 3 is 2.33 bits per heavy atom. The van der Waals surface area contributed by atoms with Crippen molar-refractivity contribution in [2.75, 3.05) is 0 Å². The van der Waals surface area contributed by atoms with Gasteiger partial charge in [0, 0.05) is 6.04 Å². The molecule has 0 aromatic rings. The highest BCUT2D eigenvalue weighted by Crippen LogP contribution is 2.36. The van der Waals surface area contributed by atoms with Gasteiger partial charge in [-0.3, -0.25) is 4.79 Å². The third-order valence-corrected chi connectivity index (χ3v) is 5.42. The number of nitrogens with one attached hydrogen (secondary N) is 1. The van der Waals surface area contributed by atoms with Gasteiger partial charge in [0.2, 0.25) is 5.91 Å². The lowest BCUT2D eigenvalue weighted by Crippen LogP contribution is -2.53. The molecule has 0 heterocycles. The maximum Gasteiger partial charge on any atom is 0.234 e. The molecule has 0 aliphatic heterocycles. The van der Waals surface area contributed by atoms with Crippen molar-refractivity contribution in [3.05, 3.63) is 0 Å². The van der Waals surface area contributed by atoms with Crippen LogP contribution in [-0.2, 0) is 4.79 Å². The summed E-state index contributed by atoms with van der Waals surface area (Å²) in [6.07, 6.45) is 10.2. The first-order chi connectivity index (χ1) is 10.1. The summed E-state index contributed by atoms with van der Waals surface area (Å²) in [7, 11) is 0. The molecule has 2 aliphatic carbocycles. The smallest absolute Gasteiger partial charge is 0.234 e. The van der Waals surface area contributed by atoms with Gasteiger partial charge in [0.15, 0.2) is 5.84 Å². The number of nitrogens with zero attached hydrogens (tertiary/aromatic N) is 1. The predicted octanol–water partition coefficient (Wildman–Crippen LogP) is 2.77. The second-order valence-corrected chi connectivity index (χ2v) is 6.82. The van der Waals surface area contributed by atoms with Gasteiger partial charge in [-0.2, -0.15) is 0 Å². The fourth-order valence-corrected chi connectivity index (χ4v) is 3.86. The average molecular weight is 295 g/mol. The van der Waals surface area contributed by atoms with Crippen LogP contribution in [0.3, 0.4) is 0 Å². The molecule has 4 N–H and O–H groups in total. The van der Waals surface area contributed by atoms with Gasteiger partial charge >= 0.3 is 0 Å². The number of carbonyl (C=O) groups excluding carboxylic acids is 1. The van der Waals surface area contributed by atoms with Crippen LogP contribution in [0, 0.1) is 11.3 Å². The highest BCUT2D eigenvalue weighted by atomic mass is 16.4. The fourth-order valence-electron chi connectivity index (χ4n) is 3.86. The predicted molar refractivity (Wildman–Crippen MR) is 83.1 cm³/mol. The van der Waals surface area contributed by atoms with Crippen LogP contribution < -0.4 is 11.1 Å². The van der Waals surface area contributed by atoms with Crippen LogP contribution in [-0.4, -0.2) is 23.0 Å². The Morgan fingerprint density at radius 1 is 1.14 bits per heavy atom. The lowest BCUT2D eigenvalue weighted by molar-refractivity contribution is -0.129. The Hall–Kier alpha value is -1.26. The van der Waals surface area contributed by atoms with Gasteiger partial charge in [-0.05, 0) is 31.6 Å². The van der Waals surface area contributed by atoms with Gasteiger partial charge < -0.3 is 16.3 Å². The summed E-state index contributed by atoms with van der Waals surface area (Å²) < 4.78 is 0. The summed E-state index contributed by atoms with van der Waals surface area (Å²) in [5.74, 6) is 0.571. The van der Waals surface area contributed by atoms with E-state index in [-0.39, 0.29) is 17.8 Å². The maximum atomic E-state index is 12.9. The molecule has 0 saturated heterocycles. The molecular weight excluding hydrogens is 266 g/mol. The van der Waals surface area contributed by atoms with Crippen molar-refractivity contribution in [2.45, 2.75) is 77.2 Å². The topological polar surface area (TPSA) is 87.7 Å². The first-order valence-electron chi connectivity index (χ1n) is 8.39. The first-order valence-corrected chi connectivity index (χ1v) is 8.39. The number of carbonyl (C=O) groups is 1. The fraction of sp³-hybridized carbons (Fsp3) is 0.875. The highest BCUT2D eigenvalue weighted by Gasteiger charge is 2.44. The second kappa shape index (κ2) is 7.14. The van der Waals surface area contributed by atoms with E-state index in [0.717, 1.165) is 32.1 Å². The first kappa shape index (κ1) is 16.1. The van der Waals surface area contributed by atoms with Crippen LogP contribution in [0.5, 0.6) is 0 Å². The van der Waals surface area contributed by atoms with E-state index in [9.17, 15) is 4.79 Å². The van der Waals surface area contributed by atoms with Gasteiger partial charge in [0.05, 0.1) is 0 Å². The second-order valence-electron chi connectivity index (χ2n) is 6.82. The quantitative estimate of drug-likeness (QED) is 0.246. The summed E-state index contributed by atoms with van der Waals surface area (Å²) in [5.41, 5.74) is 5.13. The Kier molecular flexibility index (Phi) is 5.48. The molecule has 2 atom stereocenters. The van der Waals surface area contributed by atoms with Crippen LogP contribution in [0.15, 0.2) is 5.16 Å². The zero-order valence-electron chi connectivity index (χ0n) is 13.1. The summed E-state index contributed by atoms with van der Waals surface area (Å²) in [6.45, 7) is 2.20. The third kappa shape index (κ3) is 3.50. The minimum absolute atomic E-state index is 0.0292. The molecule has 1 amide bonds. The number of hydrogen-bond donors (Lipinski definition) is 3. The van der Waals surface area contributed by atoms with Crippen molar-refractivity contribution in [1.29, 1.82) is 0 Å². The van der Waals surface area contributed by atoms with Gasteiger partial charge in [0.25, 0.3) is 0 Å². The number of rotatable bonds is 3. The van der Waals surface area contributed by atoms with Crippen LogP contribution >= 0.6 is 0 Å². The van der Waals surface area contributed by atoms with Gasteiger partial charge in [0.1, 0.15) is 5.41 Å². The van der Waals surface area contributed by atoms with Crippen LogP contribution in [0.1, 0.15) is 71.1 Å². The highest BCUT2D eigenvalue weighted by molar-refractivity contribution is 6.06. The Morgan fingerprint density at radius 2 is 1.76 bits per heavy atom. The lowest BCUT2D eigenvalue weighted by atomic mass is 9.77. The molecule has 5 nitrogen and oxygen atoms in total. The lowest BCUT2D eigenvalue weighted by Gasteiger charge is -2.35. The van der Waals surface area contributed by atoms with Crippen molar-refractivity contribution >= 4 is 11.7 Å². The molecule has 2 fully saturated rings. The number of amides is 1. The summed E-state index contributed by atoms with van der Waals surface area (Å²) in [6, 6.07) is 0.234. The number of nitrogens with two attached hydrogens (primary N) is 1. The van der Waals surface area contributed by atoms with Gasteiger partial charge in [-0.25, -0.2) is 0 Å². The molecule has 2 unspecified atom stereocenters. The van der Waals surface area contributed by atoms with E-state index in [1.807, 2.05) is 0 Å². The van der Waals surface area contributed by atoms with E-state index < -0.39 is 5.41 Å². The molecule has 2 rings (SSSR count). The summed E-state index contributed by atoms with van der Waals surface area (Å²) >= 11 is 0. The van der Waals surface area contributed by atoms with Crippen molar-refractivity contribution in [3.8, 4) is 0 Å². The number of hydrogen-bond acceptors (Lipinski definition) is 3. The molecule has 5 heteroatoms. The van der Waals surface area contributed by atoms with Crippen molar-refractivity contribution < 1.29 is 10.0 Å². The molecule has 0 aromatic heterocycles. The van der Waals surface area contributed by atoms with Crippen molar-refractivity contribution in [3.63, 3.8) is 0 Å². The van der Waals surface area contributed by atoms with Crippen LogP contribution in [0.2, 0.25) is 0 Å². The molecule has 2 aliphatic rings. The molecule has 2 saturated carbocycles. The normalized spacial score (nSPS) is 30.4. The van der Waals surface area contributed by atoms with E-state index in [4.69, 9.17) is 10.9 Å². The molecule has 21 heavy (non-hydrogen) atoms. The van der Waals surface area contributed by atoms with Gasteiger partial charge in [-0.1, -0.05) is 50.6 Å². The number of oxime groups is 1. The standard InChI is InChI=1S/C16H29N3O2/c1-12-8-4-5-9-13(12)18-15(20)16(14(17)19-21)10-6-2-3-7-11-16/h12-13,21H,2-11H2,1H3,(H2,17,19)(H,18,20). The zero-order chi connectivity index (χ0) is 15.3. The van der Waals surface area contributed by atoms with Crippen molar-refractivity contribution in [2.24, 2.45) is 22.2 Å². The molecule has 0 spiro atoms. The van der Waals surface area contributed by atoms with Crippen molar-refractivity contribution in [1.82, 2.24) is 5.32 Å². The maximum absolute atomic E-state index is 12.9. The Labute approximate surface area is 127 Å². The average Bonchev–Trinajstić information content (AvgIpc) is 2.75. The molecule has 0 bridgehead atoms. The minimum atomic E-state index is -0.803. The molecule has 0 aromatic carbocycles. The summed E-state index contributed by atoms with van der Waals surface area (Å²) in [4.78, 5) is 12.9. The van der Waals surface area contributed by atoms with Gasteiger partial charge in [-0.15, -0.1) is 0 Å². The Bertz CT molecular complexity index is 387. The van der Waals surface area contributed by atoms with E-state index in [1.165, 1.54) is 19.3 Å². The van der Waals surface area contributed by atoms with Crippen LogP contribution in [0.25, 0.3) is 0 Å². The molecule has 120 valence electrons. The number of amidine groups is 1. The van der Waals surface area contributed by atoms with E-state index in [0.29, 0.717) is 18.8 Å². The summed E-state index contributed by atoms with van der Waals surface area (Å²) in [5, 5.41) is 15.5. The van der Waals surface area contributed by atoms with E-state index >= 15 is 0 Å². The van der Waals surface area contributed by atoms with E-state index in [1.54, 1.807) is 0 Å². The SMILES string of the molecule is CC1CCCCC1NC(=O)C1(C(N)=NO)CCCCCC1. The third-order valence-electron chi connectivity index (χ3n) is 5.42. The minimum Gasteiger partial charge on any atom is -0.409 e.